The van der Waals surface area contributed by atoms with Crippen LogP contribution < -0.4 is 0 Å². The number of Topliss-reactive ketones (excluding diaryl/α,β-unsaturated/α-hetero) is 1. The molecule has 116 valence electrons. The third-order valence-electron chi connectivity index (χ3n) is 4.59. The first-order chi connectivity index (χ1) is 9.79. The Kier molecular flexibility index (Phi) is 3.30. The summed E-state index contributed by atoms with van der Waals surface area (Å²) in [4.78, 5) is 18.2. The molecule has 2 aliphatic heterocycles. The lowest BCUT2D eigenvalue weighted by Gasteiger charge is -2.52. The van der Waals surface area contributed by atoms with Gasteiger partial charge >= 0.3 is 0 Å². The predicted molar refractivity (Wildman–Crippen MR) is 80.5 cm³/mol. The third-order valence-corrected chi connectivity index (χ3v) is 4.59. The van der Waals surface area contributed by atoms with Crippen LogP contribution in [0.2, 0.25) is 0 Å². The second-order valence-electron chi connectivity index (χ2n) is 7.25. The first-order valence-electron chi connectivity index (χ1n) is 7.88. The van der Waals surface area contributed by atoms with Gasteiger partial charge in [-0.15, -0.1) is 0 Å². The van der Waals surface area contributed by atoms with Crippen LogP contribution in [0.5, 0.6) is 0 Å². The molecule has 0 radical (unpaired) electrons. The number of nitrogens with zero attached hydrogens (tertiary/aromatic N) is 1. The van der Waals surface area contributed by atoms with Crippen molar-refractivity contribution in [3.05, 3.63) is 23.0 Å². The number of allylic oxidation sites excluding steroid dienone is 1. The third kappa shape index (κ3) is 2.08. The van der Waals surface area contributed by atoms with Crippen LogP contribution >= 0.6 is 0 Å². The average molecular weight is 291 g/mol. The Morgan fingerprint density at radius 1 is 1.33 bits per heavy atom. The summed E-state index contributed by atoms with van der Waals surface area (Å²) in [5, 5.41) is 2.05. The SMILES string of the molecule is CCCON1C(C)(C)C=C2C3=C(CCC3=O)OC2C1(C)C. The van der Waals surface area contributed by atoms with E-state index in [2.05, 4.69) is 40.7 Å². The lowest BCUT2D eigenvalue weighted by atomic mass is 9.78. The maximum absolute atomic E-state index is 12.2. The van der Waals surface area contributed by atoms with E-state index in [4.69, 9.17) is 9.57 Å². The van der Waals surface area contributed by atoms with Gasteiger partial charge in [0, 0.05) is 18.4 Å². The first-order valence-corrected chi connectivity index (χ1v) is 7.88. The Morgan fingerprint density at radius 2 is 2.05 bits per heavy atom. The van der Waals surface area contributed by atoms with E-state index in [9.17, 15) is 4.79 Å². The van der Waals surface area contributed by atoms with E-state index >= 15 is 0 Å². The molecule has 0 aromatic heterocycles. The Bertz CT molecular complexity index is 542. The molecule has 0 amide bonds. The summed E-state index contributed by atoms with van der Waals surface area (Å²) in [6, 6.07) is 0. The Labute approximate surface area is 126 Å². The van der Waals surface area contributed by atoms with Crippen molar-refractivity contribution < 1.29 is 14.4 Å². The molecular formula is C17H25NO3. The largest absolute Gasteiger partial charge is 0.487 e. The standard InChI is InChI=1S/C17H25NO3/c1-6-9-20-18-16(2,3)10-11-14-12(19)7-8-13(14)21-15(11)17(18,4)5/h10,15H,6-9H2,1-5H3. The minimum atomic E-state index is -0.312. The van der Waals surface area contributed by atoms with Crippen molar-refractivity contribution >= 4 is 5.78 Å². The molecule has 21 heavy (non-hydrogen) atoms. The molecule has 0 aromatic rings. The molecule has 4 heteroatoms. The van der Waals surface area contributed by atoms with Crippen LogP contribution in [0.25, 0.3) is 0 Å². The van der Waals surface area contributed by atoms with Crippen LogP contribution in [0.3, 0.4) is 0 Å². The molecule has 4 nitrogen and oxygen atoms in total. The molecule has 0 fully saturated rings. The second-order valence-corrected chi connectivity index (χ2v) is 7.25. The van der Waals surface area contributed by atoms with Gasteiger partial charge in [0.15, 0.2) is 5.78 Å². The zero-order valence-electron chi connectivity index (χ0n) is 13.7. The number of ketones is 1. The fourth-order valence-electron chi connectivity index (χ4n) is 3.89. The second kappa shape index (κ2) is 4.68. The molecule has 1 aliphatic carbocycles. The Balaban J connectivity index is 2.01. The molecule has 0 N–H and O–H groups in total. The van der Waals surface area contributed by atoms with Gasteiger partial charge in [-0.25, -0.2) is 0 Å². The maximum atomic E-state index is 12.2. The van der Waals surface area contributed by atoms with Gasteiger partial charge < -0.3 is 4.74 Å². The summed E-state index contributed by atoms with van der Waals surface area (Å²) < 4.78 is 6.15. The van der Waals surface area contributed by atoms with Crippen molar-refractivity contribution in [2.24, 2.45) is 0 Å². The van der Waals surface area contributed by atoms with E-state index in [1.807, 2.05) is 5.06 Å². The zero-order valence-corrected chi connectivity index (χ0v) is 13.7. The topological polar surface area (TPSA) is 38.8 Å². The fraction of sp³-hybridized carbons (Fsp3) is 0.706. The molecule has 1 unspecified atom stereocenters. The lowest BCUT2D eigenvalue weighted by Crippen LogP contribution is -2.63. The van der Waals surface area contributed by atoms with Crippen molar-refractivity contribution in [2.75, 3.05) is 6.61 Å². The molecule has 0 saturated carbocycles. The lowest BCUT2D eigenvalue weighted by molar-refractivity contribution is -0.275. The van der Waals surface area contributed by atoms with E-state index in [0.29, 0.717) is 13.0 Å². The van der Waals surface area contributed by atoms with Gasteiger partial charge in [-0.1, -0.05) is 13.0 Å². The summed E-state index contributed by atoms with van der Waals surface area (Å²) in [7, 11) is 0. The van der Waals surface area contributed by atoms with Gasteiger partial charge in [0.2, 0.25) is 0 Å². The minimum absolute atomic E-state index is 0.114. The minimum Gasteiger partial charge on any atom is -0.487 e. The van der Waals surface area contributed by atoms with Crippen molar-refractivity contribution in [1.29, 1.82) is 0 Å². The van der Waals surface area contributed by atoms with Crippen LogP contribution in [-0.2, 0) is 14.4 Å². The highest BCUT2D eigenvalue weighted by Crippen LogP contribution is 2.49. The molecule has 0 saturated heterocycles. The van der Waals surface area contributed by atoms with E-state index < -0.39 is 0 Å². The summed E-state index contributed by atoms with van der Waals surface area (Å²) >= 11 is 0. The normalized spacial score (nSPS) is 30.0. The smallest absolute Gasteiger partial charge is 0.167 e. The van der Waals surface area contributed by atoms with E-state index in [1.54, 1.807) is 0 Å². The summed E-state index contributed by atoms with van der Waals surface area (Å²) in [5.41, 5.74) is 1.34. The van der Waals surface area contributed by atoms with Gasteiger partial charge in [-0.2, -0.15) is 5.06 Å². The van der Waals surface area contributed by atoms with Crippen molar-refractivity contribution in [3.63, 3.8) is 0 Å². The van der Waals surface area contributed by atoms with Crippen molar-refractivity contribution in [3.8, 4) is 0 Å². The number of carbonyl (C=O) groups is 1. The molecule has 0 aromatic carbocycles. The highest BCUT2D eigenvalue weighted by molar-refractivity contribution is 6.03. The van der Waals surface area contributed by atoms with Crippen molar-refractivity contribution in [2.45, 2.75) is 71.1 Å². The highest BCUT2D eigenvalue weighted by atomic mass is 16.7. The summed E-state index contributed by atoms with van der Waals surface area (Å²) in [5.74, 6) is 1.12. The predicted octanol–water partition coefficient (Wildman–Crippen LogP) is 3.14. The van der Waals surface area contributed by atoms with Crippen LogP contribution in [0.4, 0.5) is 0 Å². The highest BCUT2D eigenvalue weighted by Gasteiger charge is 2.55. The Morgan fingerprint density at radius 3 is 2.71 bits per heavy atom. The van der Waals surface area contributed by atoms with Crippen molar-refractivity contribution in [1.82, 2.24) is 5.06 Å². The monoisotopic (exact) mass is 291 g/mol. The molecule has 0 spiro atoms. The first kappa shape index (κ1) is 14.8. The number of ether oxygens (including phenoxy) is 1. The number of hydrogen-bond donors (Lipinski definition) is 0. The van der Waals surface area contributed by atoms with Gasteiger partial charge in [-0.05, 0) is 34.1 Å². The molecule has 3 rings (SSSR count). The van der Waals surface area contributed by atoms with Gasteiger partial charge in [-0.3, -0.25) is 9.63 Å². The average Bonchev–Trinajstić information content (AvgIpc) is 2.90. The molecular weight excluding hydrogens is 266 g/mol. The van der Waals surface area contributed by atoms with E-state index in [-0.39, 0.29) is 23.0 Å². The maximum Gasteiger partial charge on any atom is 0.167 e. The molecule has 1 atom stereocenters. The molecule has 0 bridgehead atoms. The van der Waals surface area contributed by atoms with Crippen LogP contribution in [0.15, 0.2) is 23.0 Å². The van der Waals surface area contributed by atoms with Crippen LogP contribution in [-0.4, -0.2) is 34.6 Å². The quantitative estimate of drug-likeness (QED) is 0.800. The van der Waals surface area contributed by atoms with Crippen LogP contribution in [0.1, 0.15) is 53.9 Å². The number of rotatable bonds is 3. The van der Waals surface area contributed by atoms with Gasteiger partial charge in [0.1, 0.15) is 11.9 Å². The Hall–Kier alpha value is -1.13. The summed E-state index contributed by atoms with van der Waals surface area (Å²) in [6.07, 6.45) is 4.35. The molecule has 2 heterocycles. The van der Waals surface area contributed by atoms with Gasteiger partial charge in [0.25, 0.3) is 0 Å². The summed E-state index contributed by atoms with van der Waals surface area (Å²) in [6.45, 7) is 11.3. The van der Waals surface area contributed by atoms with Crippen LogP contribution in [0, 0.1) is 0 Å². The van der Waals surface area contributed by atoms with E-state index in [1.165, 1.54) is 0 Å². The fourth-order valence-corrected chi connectivity index (χ4v) is 3.89. The zero-order chi connectivity index (χ0) is 15.4. The van der Waals surface area contributed by atoms with Gasteiger partial charge in [0.05, 0.1) is 23.3 Å². The number of hydroxylamine groups is 2. The number of fused-ring (bicyclic) bond motifs is 2. The number of carbonyl (C=O) groups excluding carboxylic acids is 1. The number of hydrogen-bond acceptors (Lipinski definition) is 4. The van der Waals surface area contributed by atoms with E-state index in [0.717, 1.165) is 29.7 Å². The molecule has 3 aliphatic rings.